The Hall–Kier alpha value is -0.260. The Bertz CT molecular complexity index is 120. The van der Waals surface area contributed by atoms with Crippen LogP contribution in [-0.4, -0.2) is 0 Å². The van der Waals surface area contributed by atoms with Gasteiger partial charge in [0, 0.05) is 0 Å². The fraction of sp³-hybridized carbons (Fsp3) is 0.778. The molecule has 1 atom stereocenters. The monoisotopic (exact) mass is 124 g/mol. The third-order valence-corrected chi connectivity index (χ3v) is 2.12. The molecular weight excluding hydrogens is 108 g/mol. The van der Waals surface area contributed by atoms with Gasteiger partial charge >= 0.3 is 0 Å². The molecule has 0 amide bonds. The standard InChI is InChI=1S/C9H16/c1-8-4-6-9(2,3)7-5-8/h4,6,8H,5,7H2,1-3H3. The summed E-state index contributed by atoms with van der Waals surface area (Å²) in [6.07, 6.45) is 7.40. The first-order chi connectivity index (χ1) is 4.10. The fourth-order valence-electron chi connectivity index (χ4n) is 1.20. The van der Waals surface area contributed by atoms with Crippen molar-refractivity contribution in [1.29, 1.82) is 0 Å². The fourth-order valence-corrected chi connectivity index (χ4v) is 1.20. The van der Waals surface area contributed by atoms with Crippen LogP contribution in [0.1, 0.15) is 33.6 Å². The van der Waals surface area contributed by atoms with E-state index >= 15 is 0 Å². The normalized spacial score (nSPS) is 32.6. The maximum absolute atomic E-state index is 2.35. The highest BCUT2D eigenvalue weighted by atomic mass is 14.2. The molecule has 0 aromatic rings. The summed E-state index contributed by atoms with van der Waals surface area (Å²) in [5.41, 5.74) is 0.479. The summed E-state index contributed by atoms with van der Waals surface area (Å²) in [6.45, 7) is 6.89. The Kier molecular flexibility index (Phi) is 1.65. The van der Waals surface area contributed by atoms with Gasteiger partial charge < -0.3 is 0 Å². The predicted molar refractivity (Wildman–Crippen MR) is 41.3 cm³/mol. The van der Waals surface area contributed by atoms with Crippen LogP contribution in [0.3, 0.4) is 0 Å². The van der Waals surface area contributed by atoms with Crippen LogP contribution in [0, 0.1) is 11.3 Å². The van der Waals surface area contributed by atoms with Gasteiger partial charge in [0.25, 0.3) is 0 Å². The molecule has 0 aromatic carbocycles. The van der Waals surface area contributed by atoms with Crippen molar-refractivity contribution in [2.75, 3.05) is 0 Å². The molecule has 0 heteroatoms. The van der Waals surface area contributed by atoms with Crippen LogP contribution < -0.4 is 0 Å². The quantitative estimate of drug-likeness (QED) is 0.435. The van der Waals surface area contributed by atoms with Crippen molar-refractivity contribution in [2.45, 2.75) is 33.6 Å². The molecule has 0 nitrogen and oxygen atoms in total. The molecule has 1 unspecified atom stereocenters. The van der Waals surface area contributed by atoms with E-state index in [4.69, 9.17) is 0 Å². The Morgan fingerprint density at radius 2 is 2.11 bits per heavy atom. The van der Waals surface area contributed by atoms with E-state index in [2.05, 4.69) is 32.9 Å². The Morgan fingerprint density at radius 3 is 2.44 bits per heavy atom. The average Bonchev–Trinajstić information content (AvgIpc) is 1.78. The lowest BCUT2D eigenvalue weighted by Gasteiger charge is -2.26. The second-order valence-corrected chi connectivity index (χ2v) is 3.86. The zero-order chi connectivity index (χ0) is 6.91. The summed E-state index contributed by atoms with van der Waals surface area (Å²) in [7, 11) is 0. The Labute approximate surface area is 58.0 Å². The van der Waals surface area contributed by atoms with Crippen LogP contribution in [0.15, 0.2) is 12.2 Å². The van der Waals surface area contributed by atoms with E-state index in [1.54, 1.807) is 0 Å². The first-order valence-electron chi connectivity index (χ1n) is 3.79. The van der Waals surface area contributed by atoms with Gasteiger partial charge in [0.2, 0.25) is 0 Å². The Balaban J connectivity index is 2.58. The molecule has 9 heavy (non-hydrogen) atoms. The third kappa shape index (κ3) is 1.85. The summed E-state index contributed by atoms with van der Waals surface area (Å²) in [5, 5.41) is 0. The molecule has 1 aliphatic carbocycles. The molecule has 0 aromatic heterocycles. The largest absolute Gasteiger partial charge is 0.0852 e. The zero-order valence-corrected chi connectivity index (χ0v) is 6.65. The van der Waals surface area contributed by atoms with E-state index in [1.165, 1.54) is 12.8 Å². The molecule has 0 fully saturated rings. The SMILES string of the molecule is CC1C=CC(C)(C)CC1. The van der Waals surface area contributed by atoms with Gasteiger partial charge in [-0.2, -0.15) is 0 Å². The first kappa shape index (κ1) is 6.85. The molecule has 1 rings (SSSR count). The molecule has 0 spiro atoms. The van der Waals surface area contributed by atoms with Gasteiger partial charge in [0.15, 0.2) is 0 Å². The number of rotatable bonds is 0. The van der Waals surface area contributed by atoms with Crippen molar-refractivity contribution in [3.8, 4) is 0 Å². The molecule has 0 bridgehead atoms. The molecule has 0 N–H and O–H groups in total. The van der Waals surface area contributed by atoms with E-state index in [1.807, 2.05) is 0 Å². The highest BCUT2D eigenvalue weighted by Gasteiger charge is 2.18. The van der Waals surface area contributed by atoms with E-state index < -0.39 is 0 Å². The molecule has 0 heterocycles. The van der Waals surface area contributed by atoms with Gasteiger partial charge in [0.1, 0.15) is 0 Å². The number of hydrogen-bond acceptors (Lipinski definition) is 0. The van der Waals surface area contributed by atoms with Crippen LogP contribution in [0.25, 0.3) is 0 Å². The third-order valence-electron chi connectivity index (χ3n) is 2.12. The van der Waals surface area contributed by atoms with E-state index in [0.717, 1.165) is 5.92 Å². The summed E-state index contributed by atoms with van der Waals surface area (Å²) in [4.78, 5) is 0. The summed E-state index contributed by atoms with van der Waals surface area (Å²) < 4.78 is 0. The molecule has 1 aliphatic rings. The minimum Gasteiger partial charge on any atom is -0.0852 e. The van der Waals surface area contributed by atoms with Gasteiger partial charge in [-0.05, 0) is 24.2 Å². The zero-order valence-electron chi connectivity index (χ0n) is 6.65. The lowest BCUT2D eigenvalue weighted by molar-refractivity contribution is 0.370. The van der Waals surface area contributed by atoms with Crippen LogP contribution in [0.5, 0.6) is 0 Å². The van der Waals surface area contributed by atoms with E-state index in [9.17, 15) is 0 Å². The van der Waals surface area contributed by atoms with E-state index in [-0.39, 0.29) is 0 Å². The van der Waals surface area contributed by atoms with Gasteiger partial charge in [-0.3, -0.25) is 0 Å². The predicted octanol–water partition coefficient (Wildman–Crippen LogP) is 3.00. The maximum atomic E-state index is 2.35. The van der Waals surface area contributed by atoms with Crippen molar-refractivity contribution < 1.29 is 0 Å². The van der Waals surface area contributed by atoms with Gasteiger partial charge in [-0.1, -0.05) is 32.9 Å². The van der Waals surface area contributed by atoms with Crippen molar-refractivity contribution in [3.05, 3.63) is 12.2 Å². The average molecular weight is 124 g/mol. The van der Waals surface area contributed by atoms with Gasteiger partial charge in [0.05, 0.1) is 0 Å². The number of hydrogen-bond donors (Lipinski definition) is 0. The maximum Gasteiger partial charge on any atom is -0.0175 e. The summed E-state index contributed by atoms with van der Waals surface area (Å²) in [5.74, 6) is 0.818. The minimum absolute atomic E-state index is 0.479. The van der Waals surface area contributed by atoms with Gasteiger partial charge in [-0.15, -0.1) is 0 Å². The highest BCUT2D eigenvalue weighted by Crippen LogP contribution is 2.31. The van der Waals surface area contributed by atoms with Crippen LogP contribution >= 0.6 is 0 Å². The second kappa shape index (κ2) is 2.17. The van der Waals surface area contributed by atoms with Crippen LogP contribution in [0.2, 0.25) is 0 Å². The lowest BCUT2D eigenvalue weighted by Crippen LogP contribution is -2.13. The minimum atomic E-state index is 0.479. The smallest absolute Gasteiger partial charge is 0.0175 e. The molecule has 0 saturated heterocycles. The molecular formula is C9H16. The molecule has 52 valence electrons. The van der Waals surface area contributed by atoms with E-state index in [0.29, 0.717) is 5.41 Å². The van der Waals surface area contributed by atoms with Crippen molar-refractivity contribution in [3.63, 3.8) is 0 Å². The first-order valence-corrected chi connectivity index (χ1v) is 3.79. The summed E-state index contributed by atoms with van der Waals surface area (Å²) in [6, 6.07) is 0. The van der Waals surface area contributed by atoms with Crippen molar-refractivity contribution in [1.82, 2.24) is 0 Å². The van der Waals surface area contributed by atoms with Crippen LogP contribution in [0.4, 0.5) is 0 Å². The molecule has 0 radical (unpaired) electrons. The van der Waals surface area contributed by atoms with Crippen LogP contribution in [-0.2, 0) is 0 Å². The second-order valence-electron chi connectivity index (χ2n) is 3.86. The van der Waals surface area contributed by atoms with Crippen molar-refractivity contribution >= 4 is 0 Å². The van der Waals surface area contributed by atoms with Crippen molar-refractivity contribution in [2.24, 2.45) is 11.3 Å². The summed E-state index contributed by atoms with van der Waals surface area (Å²) >= 11 is 0. The topological polar surface area (TPSA) is 0 Å². The van der Waals surface area contributed by atoms with Gasteiger partial charge in [-0.25, -0.2) is 0 Å². The number of allylic oxidation sites excluding steroid dienone is 2. The molecule has 0 saturated carbocycles. The highest BCUT2D eigenvalue weighted by molar-refractivity contribution is 5.01. The Morgan fingerprint density at radius 1 is 1.44 bits per heavy atom. The molecule has 0 aliphatic heterocycles. The lowest BCUT2D eigenvalue weighted by atomic mass is 9.79.